The molecule has 1 aromatic heterocycles. The average molecular weight is 390 g/mol. The van der Waals surface area contributed by atoms with Crippen LogP contribution in [0.15, 0.2) is 63.9 Å². The van der Waals surface area contributed by atoms with E-state index in [0.717, 1.165) is 11.1 Å². The quantitative estimate of drug-likeness (QED) is 0.642. The molecule has 0 unspecified atom stereocenters. The van der Waals surface area contributed by atoms with Crippen LogP contribution in [0.4, 0.5) is 0 Å². The summed E-state index contributed by atoms with van der Waals surface area (Å²) in [5.41, 5.74) is 1.72. The van der Waals surface area contributed by atoms with Crippen LogP contribution in [0.1, 0.15) is 0 Å². The summed E-state index contributed by atoms with van der Waals surface area (Å²) in [4.78, 5) is 2.97. The van der Waals surface area contributed by atoms with E-state index in [4.69, 9.17) is 16.6 Å². The van der Waals surface area contributed by atoms with E-state index >= 15 is 0 Å². The molecule has 1 fully saturated rings. The minimum absolute atomic E-state index is 0.344. The Hall–Kier alpha value is -2.00. The fourth-order valence-electron chi connectivity index (χ4n) is 3.20. The van der Waals surface area contributed by atoms with Crippen LogP contribution in [0.25, 0.3) is 11.1 Å². The number of aromatic nitrogens is 1. The molecule has 0 bridgehead atoms. The zero-order valence-electron chi connectivity index (χ0n) is 14.1. The van der Waals surface area contributed by atoms with Crippen LogP contribution in [0.5, 0.6) is 0 Å². The summed E-state index contributed by atoms with van der Waals surface area (Å²) < 4.78 is 34.5. The number of sulfonamides is 1. The minimum Gasteiger partial charge on any atom is -0.429 e. The second-order valence-corrected chi connectivity index (χ2v) is 8.53. The predicted octanol–water partition coefficient (Wildman–Crippen LogP) is 2.93. The van der Waals surface area contributed by atoms with E-state index in [2.05, 4.69) is 4.90 Å². The molecule has 2 heterocycles. The van der Waals surface area contributed by atoms with E-state index in [9.17, 15) is 8.42 Å². The third-order valence-corrected chi connectivity index (χ3v) is 6.84. The van der Waals surface area contributed by atoms with Gasteiger partial charge >= 0.3 is 0 Å². The van der Waals surface area contributed by atoms with Gasteiger partial charge in [0.25, 0.3) is 4.84 Å². The van der Waals surface area contributed by atoms with E-state index in [1.807, 2.05) is 34.9 Å². The highest BCUT2D eigenvalue weighted by Crippen LogP contribution is 2.20. The molecular formula is C18H19N3O3S2. The zero-order chi connectivity index (χ0) is 18.1. The number of piperazine rings is 1. The summed E-state index contributed by atoms with van der Waals surface area (Å²) in [6.07, 6.45) is 0. The number of hydrogen-bond acceptors (Lipinski definition) is 5. The molecule has 0 atom stereocenters. The Morgan fingerprint density at radius 1 is 0.923 bits per heavy atom. The second kappa shape index (κ2) is 6.96. The van der Waals surface area contributed by atoms with Crippen LogP contribution in [0.3, 0.4) is 0 Å². The maximum Gasteiger partial charge on any atom is 0.270 e. The van der Waals surface area contributed by atoms with Gasteiger partial charge in [-0.05, 0) is 36.5 Å². The summed E-state index contributed by atoms with van der Waals surface area (Å²) in [5.74, 6) is 0. The van der Waals surface area contributed by atoms with Crippen molar-refractivity contribution in [1.29, 1.82) is 0 Å². The third-order valence-electron chi connectivity index (χ3n) is 4.63. The second-order valence-electron chi connectivity index (χ2n) is 6.24. The van der Waals surface area contributed by atoms with Crippen molar-refractivity contribution >= 4 is 33.3 Å². The van der Waals surface area contributed by atoms with Crippen LogP contribution < -0.4 is 0 Å². The Balaban J connectivity index is 1.47. The van der Waals surface area contributed by atoms with E-state index in [1.54, 1.807) is 28.6 Å². The fourth-order valence-corrected chi connectivity index (χ4v) is 4.89. The minimum atomic E-state index is -3.43. The topological polar surface area (TPSA) is 58.7 Å². The van der Waals surface area contributed by atoms with Crippen LogP contribution in [-0.4, -0.2) is 48.4 Å². The number of benzene rings is 2. The van der Waals surface area contributed by atoms with Crippen molar-refractivity contribution in [2.24, 2.45) is 0 Å². The monoisotopic (exact) mass is 389 g/mol. The van der Waals surface area contributed by atoms with Crippen molar-refractivity contribution in [1.82, 2.24) is 13.8 Å². The number of nitrogens with zero attached hydrogens (tertiary/aromatic N) is 3. The molecule has 1 aliphatic heterocycles. The first-order valence-electron chi connectivity index (χ1n) is 8.42. The van der Waals surface area contributed by atoms with Gasteiger partial charge in [0.1, 0.15) is 0 Å². The van der Waals surface area contributed by atoms with Gasteiger partial charge in [0.05, 0.1) is 17.1 Å². The van der Waals surface area contributed by atoms with Gasteiger partial charge in [0.2, 0.25) is 10.0 Å². The van der Waals surface area contributed by atoms with E-state index < -0.39 is 10.0 Å². The molecule has 2 aromatic carbocycles. The molecule has 4 rings (SSSR count). The van der Waals surface area contributed by atoms with Gasteiger partial charge in [-0.2, -0.15) is 4.31 Å². The lowest BCUT2D eigenvalue weighted by atomic mass is 10.3. The largest absolute Gasteiger partial charge is 0.429 e. The Kier molecular flexibility index (Phi) is 4.66. The Morgan fingerprint density at radius 3 is 2.31 bits per heavy atom. The summed E-state index contributed by atoms with van der Waals surface area (Å²) in [5, 5.41) is 0. The Bertz CT molecular complexity index is 1070. The van der Waals surface area contributed by atoms with Crippen molar-refractivity contribution in [3.63, 3.8) is 0 Å². The van der Waals surface area contributed by atoms with Crippen molar-refractivity contribution in [2.45, 2.75) is 11.6 Å². The highest BCUT2D eigenvalue weighted by atomic mass is 32.2. The Morgan fingerprint density at radius 2 is 1.58 bits per heavy atom. The molecular weight excluding hydrogens is 370 g/mol. The van der Waals surface area contributed by atoms with Crippen molar-refractivity contribution in [2.75, 3.05) is 26.2 Å². The molecule has 1 aliphatic rings. The van der Waals surface area contributed by atoms with Gasteiger partial charge in [-0.1, -0.05) is 30.3 Å². The molecule has 0 radical (unpaired) electrons. The lowest BCUT2D eigenvalue weighted by Gasteiger charge is -2.34. The Labute approximate surface area is 157 Å². The molecule has 1 saturated heterocycles. The summed E-state index contributed by atoms with van der Waals surface area (Å²) >= 11 is 5.33. The number of rotatable bonds is 4. The lowest BCUT2D eigenvalue weighted by molar-refractivity contribution is 0.151. The fraction of sp³-hybridized carbons (Fsp3) is 0.278. The van der Waals surface area contributed by atoms with Crippen molar-refractivity contribution < 1.29 is 12.8 Å². The predicted molar refractivity (Wildman–Crippen MR) is 102 cm³/mol. The normalized spacial score (nSPS) is 16.9. The zero-order valence-corrected chi connectivity index (χ0v) is 15.7. The van der Waals surface area contributed by atoms with Crippen LogP contribution in [-0.2, 0) is 16.7 Å². The van der Waals surface area contributed by atoms with Gasteiger partial charge in [0, 0.05) is 26.2 Å². The molecule has 8 heteroatoms. The molecule has 26 heavy (non-hydrogen) atoms. The van der Waals surface area contributed by atoms with Gasteiger partial charge in [-0.25, -0.2) is 8.42 Å². The van der Waals surface area contributed by atoms with Gasteiger partial charge in [0.15, 0.2) is 5.58 Å². The number of oxazole rings is 1. The first-order valence-corrected chi connectivity index (χ1v) is 10.3. The van der Waals surface area contributed by atoms with Crippen molar-refractivity contribution in [3.05, 3.63) is 59.4 Å². The number of fused-ring (bicyclic) bond motifs is 1. The lowest BCUT2D eigenvalue weighted by Crippen LogP contribution is -2.48. The van der Waals surface area contributed by atoms with Crippen LogP contribution in [0, 0.1) is 4.84 Å². The first-order chi connectivity index (χ1) is 12.6. The standard InChI is InChI=1S/C18H19N3O3S2/c22-26(23,15-6-2-1-3-7-15)20-12-10-19(11-13-20)14-21-16-8-4-5-9-17(16)24-18(21)25/h1-9H,10-14H2. The summed E-state index contributed by atoms with van der Waals surface area (Å²) in [7, 11) is -3.43. The van der Waals surface area contributed by atoms with E-state index in [1.165, 1.54) is 0 Å². The van der Waals surface area contributed by atoms with E-state index in [0.29, 0.717) is 42.6 Å². The smallest absolute Gasteiger partial charge is 0.270 e. The SMILES string of the molecule is O=S(=O)(c1ccccc1)N1CCN(Cn2c(=S)oc3ccccc32)CC1. The van der Waals surface area contributed by atoms with Gasteiger partial charge < -0.3 is 4.42 Å². The van der Waals surface area contributed by atoms with Gasteiger partial charge in [-0.15, -0.1) is 0 Å². The van der Waals surface area contributed by atoms with Gasteiger partial charge in [-0.3, -0.25) is 9.47 Å². The maximum atomic E-state index is 12.7. The molecule has 0 aliphatic carbocycles. The number of hydrogen-bond donors (Lipinski definition) is 0. The van der Waals surface area contributed by atoms with Crippen LogP contribution >= 0.6 is 12.2 Å². The highest BCUT2D eigenvalue weighted by molar-refractivity contribution is 7.89. The number of para-hydroxylation sites is 2. The van der Waals surface area contributed by atoms with Crippen LogP contribution in [0.2, 0.25) is 0 Å². The highest BCUT2D eigenvalue weighted by Gasteiger charge is 2.28. The molecule has 0 N–H and O–H groups in total. The van der Waals surface area contributed by atoms with E-state index in [-0.39, 0.29) is 0 Å². The molecule has 3 aromatic rings. The molecule has 0 saturated carbocycles. The maximum absolute atomic E-state index is 12.7. The first kappa shape index (κ1) is 17.4. The molecule has 136 valence electrons. The average Bonchev–Trinajstić information content (AvgIpc) is 2.98. The third kappa shape index (κ3) is 3.21. The summed E-state index contributed by atoms with van der Waals surface area (Å²) in [6, 6.07) is 16.3. The molecule has 6 nitrogen and oxygen atoms in total. The molecule has 0 spiro atoms. The molecule has 0 amide bonds. The van der Waals surface area contributed by atoms with Crippen molar-refractivity contribution in [3.8, 4) is 0 Å². The summed E-state index contributed by atoms with van der Waals surface area (Å²) in [6.45, 7) is 2.80.